The van der Waals surface area contributed by atoms with Gasteiger partial charge in [-0.05, 0) is 62.9 Å². The summed E-state index contributed by atoms with van der Waals surface area (Å²) in [5.74, 6) is 2.21. The van der Waals surface area contributed by atoms with Crippen molar-refractivity contribution in [3.63, 3.8) is 0 Å². The summed E-state index contributed by atoms with van der Waals surface area (Å²) < 4.78 is 11.7. The van der Waals surface area contributed by atoms with E-state index in [4.69, 9.17) is 9.15 Å². The van der Waals surface area contributed by atoms with Crippen LogP contribution in [0.2, 0.25) is 0 Å². The molecule has 2 saturated heterocycles. The highest BCUT2D eigenvalue weighted by atomic mass is 16.5. The Morgan fingerprint density at radius 2 is 1.90 bits per heavy atom. The molecule has 2 aliphatic rings. The lowest BCUT2D eigenvalue weighted by atomic mass is 10.0. The number of amides is 1. The number of unbranched alkanes of at least 4 members (excludes halogenated alkanes) is 1. The van der Waals surface area contributed by atoms with Crippen LogP contribution in [-0.2, 0) is 11.3 Å². The molecule has 7 nitrogen and oxygen atoms in total. The fourth-order valence-electron chi connectivity index (χ4n) is 4.70. The molecule has 0 N–H and O–H groups in total. The molecule has 3 heterocycles. The minimum Gasteiger partial charge on any atom is -0.494 e. The highest BCUT2D eigenvalue weighted by Gasteiger charge is 2.39. The van der Waals surface area contributed by atoms with Crippen LogP contribution in [0.15, 0.2) is 28.7 Å². The number of ether oxygens (including phenoxy) is 1. The molecule has 4 rings (SSSR count). The monoisotopic (exact) mass is 412 g/mol. The molecule has 0 radical (unpaired) electrons. The van der Waals surface area contributed by atoms with Gasteiger partial charge in [-0.2, -0.15) is 0 Å². The van der Waals surface area contributed by atoms with Crippen molar-refractivity contribution in [2.75, 3.05) is 19.7 Å². The highest BCUT2D eigenvalue weighted by molar-refractivity contribution is 5.74. The van der Waals surface area contributed by atoms with Crippen LogP contribution >= 0.6 is 0 Å². The van der Waals surface area contributed by atoms with Gasteiger partial charge < -0.3 is 14.1 Å². The molecule has 162 valence electrons. The molecule has 0 spiro atoms. The summed E-state index contributed by atoms with van der Waals surface area (Å²) >= 11 is 0. The zero-order chi connectivity index (χ0) is 20.9. The van der Waals surface area contributed by atoms with Gasteiger partial charge in [-0.25, -0.2) is 0 Å². The van der Waals surface area contributed by atoms with Crippen LogP contribution in [0.1, 0.15) is 58.3 Å². The van der Waals surface area contributed by atoms with Crippen molar-refractivity contribution in [3.05, 3.63) is 30.2 Å². The number of hydrogen-bond acceptors (Lipinski definition) is 6. The first kappa shape index (κ1) is 20.8. The predicted octanol–water partition coefficient (Wildman–Crippen LogP) is 3.89. The third-order valence-corrected chi connectivity index (χ3v) is 6.24. The first-order chi connectivity index (χ1) is 14.7. The Balaban J connectivity index is 1.39. The van der Waals surface area contributed by atoms with Gasteiger partial charge in [0.05, 0.1) is 13.2 Å². The van der Waals surface area contributed by atoms with Crippen LogP contribution in [0.25, 0.3) is 11.5 Å². The molecule has 1 aromatic carbocycles. The molecule has 0 unspecified atom stereocenters. The first-order valence-electron chi connectivity index (χ1n) is 11.2. The molecule has 2 atom stereocenters. The third-order valence-electron chi connectivity index (χ3n) is 6.24. The molecule has 0 bridgehead atoms. The first-order valence-corrected chi connectivity index (χ1v) is 11.2. The van der Waals surface area contributed by atoms with E-state index in [2.05, 4.69) is 22.0 Å². The van der Waals surface area contributed by atoms with Crippen LogP contribution in [0.5, 0.6) is 5.75 Å². The smallest absolute Gasteiger partial charge is 0.247 e. The maximum atomic E-state index is 12.0. The van der Waals surface area contributed by atoms with Gasteiger partial charge in [-0.1, -0.05) is 13.3 Å². The van der Waals surface area contributed by atoms with Gasteiger partial charge in [0.1, 0.15) is 5.75 Å². The number of carbonyl (C=O) groups is 1. The number of carbonyl (C=O) groups excluding carboxylic acids is 1. The van der Waals surface area contributed by atoms with Crippen molar-refractivity contribution in [2.24, 2.45) is 0 Å². The van der Waals surface area contributed by atoms with Crippen molar-refractivity contribution >= 4 is 5.91 Å². The summed E-state index contributed by atoms with van der Waals surface area (Å²) in [7, 11) is 0. The van der Waals surface area contributed by atoms with Gasteiger partial charge in [0.15, 0.2) is 0 Å². The van der Waals surface area contributed by atoms with E-state index in [1.807, 2.05) is 29.2 Å². The lowest BCUT2D eigenvalue weighted by Gasteiger charge is -2.34. The van der Waals surface area contributed by atoms with Gasteiger partial charge in [0, 0.05) is 31.1 Å². The van der Waals surface area contributed by atoms with Crippen molar-refractivity contribution in [3.8, 4) is 17.2 Å². The number of nitrogens with zero attached hydrogens (tertiary/aromatic N) is 4. The van der Waals surface area contributed by atoms with Gasteiger partial charge in [0.25, 0.3) is 0 Å². The molecule has 2 aromatic rings. The molecular formula is C23H32N4O3. The van der Waals surface area contributed by atoms with Gasteiger partial charge >= 0.3 is 0 Å². The molecule has 2 fully saturated rings. The van der Waals surface area contributed by atoms with Crippen molar-refractivity contribution < 1.29 is 13.9 Å². The SMILES string of the molecule is CCCCOc1ccc(-c2nnc(CN3CCC[C@@H]3[C@H]3CCCN3C(C)=O)o2)cc1. The Bertz CT molecular complexity index is 835. The van der Waals surface area contributed by atoms with Crippen molar-refractivity contribution in [2.45, 2.75) is 71.0 Å². The van der Waals surface area contributed by atoms with Crippen LogP contribution in [0.3, 0.4) is 0 Å². The second-order valence-corrected chi connectivity index (χ2v) is 8.33. The van der Waals surface area contributed by atoms with Crippen LogP contribution in [-0.4, -0.2) is 57.7 Å². The van der Waals surface area contributed by atoms with E-state index in [1.165, 1.54) is 0 Å². The lowest BCUT2D eigenvalue weighted by Crippen LogP contribution is -2.47. The van der Waals surface area contributed by atoms with Crippen LogP contribution < -0.4 is 4.74 Å². The maximum Gasteiger partial charge on any atom is 0.247 e. The van der Waals surface area contributed by atoms with E-state index in [0.29, 0.717) is 30.4 Å². The van der Waals surface area contributed by atoms with E-state index in [9.17, 15) is 4.79 Å². The van der Waals surface area contributed by atoms with E-state index >= 15 is 0 Å². The van der Waals surface area contributed by atoms with E-state index in [0.717, 1.165) is 69.5 Å². The summed E-state index contributed by atoms with van der Waals surface area (Å²) in [6, 6.07) is 8.50. The van der Waals surface area contributed by atoms with E-state index < -0.39 is 0 Å². The number of rotatable bonds is 8. The van der Waals surface area contributed by atoms with Crippen LogP contribution in [0.4, 0.5) is 0 Å². The number of benzene rings is 1. The second kappa shape index (κ2) is 9.60. The van der Waals surface area contributed by atoms with Gasteiger partial charge in [-0.15, -0.1) is 10.2 Å². The van der Waals surface area contributed by atoms with E-state index in [-0.39, 0.29) is 5.91 Å². The van der Waals surface area contributed by atoms with E-state index in [1.54, 1.807) is 6.92 Å². The molecule has 1 amide bonds. The Morgan fingerprint density at radius 1 is 1.13 bits per heavy atom. The minimum absolute atomic E-state index is 0.187. The third kappa shape index (κ3) is 4.67. The standard InChI is InChI=1S/C23H32N4O3/c1-3-4-15-29-19-11-9-18(10-12-19)23-25-24-22(30-23)16-26-13-5-7-20(26)21-8-6-14-27(21)17(2)28/h9-12,20-21H,3-8,13-16H2,1-2H3/t20-,21-/m1/s1. The topological polar surface area (TPSA) is 71.7 Å². The zero-order valence-corrected chi connectivity index (χ0v) is 18.0. The largest absolute Gasteiger partial charge is 0.494 e. The lowest BCUT2D eigenvalue weighted by molar-refractivity contribution is -0.130. The maximum absolute atomic E-state index is 12.0. The summed E-state index contributed by atoms with van der Waals surface area (Å²) in [6.07, 6.45) is 6.62. The quantitative estimate of drug-likeness (QED) is 0.613. The average molecular weight is 413 g/mol. The molecule has 7 heteroatoms. The fraction of sp³-hybridized carbons (Fsp3) is 0.609. The summed E-state index contributed by atoms with van der Waals surface area (Å²) in [4.78, 5) is 16.5. The molecule has 0 saturated carbocycles. The predicted molar refractivity (Wildman–Crippen MR) is 114 cm³/mol. The molecule has 0 aliphatic carbocycles. The van der Waals surface area contributed by atoms with Crippen molar-refractivity contribution in [1.29, 1.82) is 0 Å². The Hall–Kier alpha value is -2.41. The molecule has 2 aliphatic heterocycles. The zero-order valence-electron chi connectivity index (χ0n) is 18.0. The Morgan fingerprint density at radius 3 is 2.67 bits per heavy atom. The number of aromatic nitrogens is 2. The molecular weight excluding hydrogens is 380 g/mol. The average Bonchev–Trinajstić information content (AvgIpc) is 3.49. The van der Waals surface area contributed by atoms with Crippen LogP contribution in [0, 0.1) is 0 Å². The number of likely N-dealkylation sites (tertiary alicyclic amines) is 2. The number of hydrogen-bond donors (Lipinski definition) is 0. The fourth-order valence-corrected chi connectivity index (χ4v) is 4.70. The summed E-state index contributed by atoms with van der Waals surface area (Å²) in [5, 5.41) is 8.53. The van der Waals surface area contributed by atoms with Gasteiger partial charge in [-0.3, -0.25) is 9.69 Å². The molecule has 30 heavy (non-hydrogen) atoms. The summed E-state index contributed by atoms with van der Waals surface area (Å²) in [5.41, 5.74) is 0.896. The van der Waals surface area contributed by atoms with Gasteiger partial charge in [0.2, 0.25) is 17.7 Å². The normalized spacial score (nSPS) is 22.0. The molecule has 1 aromatic heterocycles. The Kier molecular flexibility index (Phi) is 6.67. The Labute approximate surface area is 178 Å². The van der Waals surface area contributed by atoms with Crippen molar-refractivity contribution in [1.82, 2.24) is 20.0 Å². The summed E-state index contributed by atoms with van der Waals surface area (Å²) in [6.45, 7) is 7.10. The second-order valence-electron chi connectivity index (χ2n) is 8.33. The highest BCUT2D eigenvalue weighted by Crippen LogP contribution is 2.31. The minimum atomic E-state index is 0.187.